The Balaban J connectivity index is 1.47. The number of rotatable bonds is 4. The lowest BCUT2D eigenvalue weighted by atomic mass is 10.2. The number of morpholine rings is 1. The molecule has 1 fully saturated rings. The van der Waals surface area contributed by atoms with Gasteiger partial charge in [0, 0.05) is 24.2 Å². The average molecular weight is 374 g/mol. The van der Waals surface area contributed by atoms with Crippen molar-refractivity contribution in [2.45, 2.75) is 13.3 Å². The summed E-state index contributed by atoms with van der Waals surface area (Å²) in [5, 5.41) is 6.87. The van der Waals surface area contributed by atoms with Crippen molar-refractivity contribution in [3.63, 3.8) is 0 Å². The molecule has 1 saturated heterocycles. The fourth-order valence-corrected chi connectivity index (χ4v) is 4.41. The van der Waals surface area contributed by atoms with Gasteiger partial charge in [-0.25, -0.2) is 9.97 Å². The Bertz CT molecular complexity index is 899. The molecule has 8 heteroatoms. The molecule has 1 aliphatic heterocycles. The molecule has 3 heterocycles. The van der Waals surface area contributed by atoms with Crippen LogP contribution in [0, 0.1) is 6.92 Å². The summed E-state index contributed by atoms with van der Waals surface area (Å²) in [5.41, 5.74) is 2.56. The first-order valence-electron chi connectivity index (χ1n) is 8.11. The molecule has 0 atom stereocenters. The van der Waals surface area contributed by atoms with Crippen LogP contribution >= 0.6 is 22.7 Å². The first kappa shape index (κ1) is 16.4. The van der Waals surface area contributed by atoms with Gasteiger partial charge in [0.25, 0.3) is 0 Å². The van der Waals surface area contributed by atoms with Crippen molar-refractivity contribution in [1.82, 2.24) is 9.97 Å². The van der Waals surface area contributed by atoms with Crippen molar-refractivity contribution >= 4 is 49.6 Å². The second-order valence-corrected chi connectivity index (χ2v) is 7.93. The number of fused-ring (bicyclic) bond motifs is 1. The Labute approximate surface area is 153 Å². The zero-order valence-electron chi connectivity index (χ0n) is 13.8. The average Bonchev–Trinajstić information content (AvgIpc) is 3.21. The van der Waals surface area contributed by atoms with E-state index >= 15 is 0 Å². The van der Waals surface area contributed by atoms with Crippen LogP contribution in [0.4, 0.5) is 10.8 Å². The van der Waals surface area contributed by atoms with Crippen molar-refractivity contribution in [2.75, 3.05) is 36.5 Å². The Kier molecular flexibility index (Phi) is 4.65. The van der Waals surface area contributed by atoms with Crippen LogP contribution in [0.25, 0.3) is 10.2 Å². The zero-order valence-corrected chi connectivity index (χ0v) is 15.5. The molecule has 25 heavy (non-hydrogen) atoms. The molecule has 2 aromatic heterocycles. The van der Waals surface area contributed by atoms with Crippen LogP contribution < -0.4 is 10.2 Å². The number of anilines is 2. The lowest BCUT2D eigenvalue weighted by Gasteiger charge is -2.25. The maximum absolute atomic E-state index is 12.2. The molecule has 3 aromatic rings. The smallest absolute Gasteiger partial charge is 0.230 e. The molecular weight excluding hydrogens is 356 g/mol. The highest BCUT2D eigenvalue weighted by Gasteiger charge is 2.16. The number of ether oxygens (including phenoxy) is 1. The lowest BCUT2D eigenvalue weighted by molar-refractivity contribution is -0.115. The minimum Gasteiger partial charge on any atom is -0.378 e. The van der Waals surface area contributed by atoms with Crippen molar-refractivity contribution in [3.05, 3.63) is 34.3 Å². The molecule has 0 saturated carbocycles. The van der Waals surface area contributed by atoms with E-state index in [0.29, 0.717) is 6.42 Å². The number of aromatic nitrogens is 2. The molecule has 1 aromatic carbocycles. The number of hydrogen-bond donors (Lipinski definition) is 1. The Hall–Kier alpha value is -2.03. The molecular formula is C17H18N4O2S2. The molecule has 0 radical (unpaired) electrons. The third kappa shape index (κ3) is 3.81. The molecule has 0 unspecified atom stereocenters. The summed E-state index contributed by atoms with van der Waals surface area (Å²) in [6, 6.07) is 5.84. The van der Waals surface area contributed by atoms with E-state index in [1.165, 1.54) is 0 Å². The second-order valence-electron chi connectivity index (χ2n) is 5.86. The van der Waals surface area contributed by atoms with E-state index in [0.717, 1.165) is 58.0 Å². The van der Waals surface area contributed by atoms with Gasteiger partial charge >= 0.3 is 0 Å². The first-order chi connectivity index (χ1) is 12.2. The van der Waals surface area contributed by atoms with Crippen LogP contribution in [0.5, 0.6) is 0 Å². The number of thiazole rings is 2. The van der Waals surface area contributed by atoms with Gasteiger partial charge < -0.3 is 15.0 Å². The van der Waals surface area contributed by atoms with Gasteiger partial charge in [0.1, 0.15) is 0 Å². The number of carbonyl (C=O) groups is 1. The van der Waals surface area contributed by atoms with Crippen LogP contribution in [0.2, 0.25) is 0 Å². The monoisotopic (exact) mass is 374 g/mol. The summed E-state index contributed by atoms with van der Waals surface area (Å²) in [6.45, 7) is 5.17. The highest BCUT2D eigenvalue weighted by Crippen LogP contribution is 2.31. The molecule has 6 nitrogen and oxygen atoms in total. The number of carbonyl (C=O) groups excluding carboxylic acids is 1. The van der Waals surface area contributed by atoms with E-state index in [9.17, 15) is 4.79 Å². The number of amides is 1. The zero-order chi connectivity index (χ0) is 17.2. The third-order valence-electron chi connectivity index (χ3n) is 3.95. The van der Waals surface area contributed by atoms with Gasteiger partial charge in [0.2, 0.25) is 5.91 Å². The van der Waals surface area contributed by atoms with Gasteiger partial charge in [-0.2, -0.15) is 0 Å². The number of nitrogens with one attached hydrogen (secondary N) is 1. The molecule has 0 spiro atoms. The van der Waals surface area contributed by atoms with Crippen LogP contribution in [0.3, 0.4) is 0 Å². The van der Waals surface area contributed by atoms with Gasteiger partial charge in [-0.15, -0.1) is 11.3 Å². The molecule has 0 bridgehead atoms. The van der Waals surface area contributed by atoms with Crippen molar-refractivity contribution in [3.8, 4) is 0 Å². The molecule has 130 valence electrons. The molecule has 0 aliphatic carbocycles. The minimum absolute atomic E-state index is 0.0532. The fourth-order valence-electron chi connectivity index (χ4n) is 2.74. The van der Waals surface area contributed by atoms with E-state index < -0.39 is 0 Å². The lowest BCUT2D eigenvalue weighted by Crippen LogP contribution is -2.36. The van der Waals surface area contributed by atoms with Crippen molar-refractivity contribution in [1.29, 1.82) is 0 Å². The summed E-state index contributed by atoms with van der Waals surface area (Å²) >= 11 is 3.21. The number of hydrogen-bond acceptors (Lipinski definition) is 7. The Morgan fingerprint density at radius 2 is 2.16 bits per heavy atom. The van der Waals surface area contributed by atoms with Crippen LogP contribution in [0.15, 0.2) is 23.6 Å². The third-order valence-corrected chi connectivity index (χ3v) is 5.85. The Morgan fingerprint density at radius 3 is 2.92 bits per heavy atom. The van der Waals surface area contributed by atoms with Gasteiger partial charge in [-0.3, -0.25) is 4.79 Å². The van der Waals surface area contributed by atoms with E-state index in [-0.39, 0.29) is 5.91 Å². The fraction of sp³-hybridized carbons (Fsp3) is 0.353. The van der Waals surface area contributed by atoms with Crippen LogP contribution in [0.1, 0.15) is 10.7 Å². The van der Waals surface area contributed by atoms with Gasteiger partial charge in [0.15, 0.2) is 5.13 Å². The van der Waals surface area contributed by atoms with Crippen LogP contribution in [-0.2, 0) is 16.0 Å². The predicted octanol–water partition coefficient (Wildman–Crippen LogP) is 3.08. The topological polar surface area (TPSA) is 67.4 Å². The maximum Gasteiger partial charge on any atom is 0.230 e. The maximum atomic E-state index is 12.2. The standard InChI is InChI=1S/C17H18N4O2S2/c1-11-18-13(10-24-11)9-16(22)19-12-2-3-14-15(8-12)25-17(20-14)21-4-6-23-7-5-21/h2-3,8,10H,4-7,9H2,1H3,(H,19,22). The summed E-state index contributed by atoms with van der Waals surface area (Å²) in [7, 11) is 0. The van der Waals surface area contributed by atoms with Crippen LogP contribution in [-0.4, -0.2) is 42.2 Å². The first-order valence-corrected chi connectivity index (χ1v) is 9.81. The van der Waals surface area contributed by atoms with Crippen molar-refractivity contribution in [2.24, 2.45) is 0 Å². The van der Waals surface area contributed by atoms with E-state index in [1.807, 2.05) is 30.5 Å². The normalized spacial score (nSPS) is 14.8. The highest BCUT2D eigenvalue weighted by molar-refractivity contribution is 7.22. The van der Waals surface area contributed by atoms with Gasteiger partial charge in [-0.1, -0.05) is 11.3 Å². The summed E-state index contributed by atoms with van der Waals surface area (Å²) in [4.78, 5) is 23.5. The summed E-state index contributed by atoms with van der Waals surface area (Å²) in [6.07, 6.45) is 0.296. The quantitative estimate of drug-likeness (QED) is 0.760. The Morgan fingerprint density at radius 1 is 1.32 bits per heavy atom. The number of benzene rings is 1. The second kappa shape index (κ2) is 7.07. The largest absolute Gasteiger partial charge is 0.378 e. The van der Waals surface area contributed by atoms with Gasteiger partial charge in [0.05, 0.1) is 40.6 Å². The highest BCUT2D eigenvalue weighted by atomic mass is 32.1. The molecule has 1 aliphatic rings. The van der Waals surface area contributed by atoms with Gasteiger partial charge in [-0.05, 0) is 25.1 Å². The number of aryl methyl sites for hydroxylation is 1. The SMILES string of the molecule is Cc1nc(CC(=O)Nc2ccc3nc(N4CCOCC4)sc3c2)cs1. The minimum atomic E-state index is -0.0532. The molecule has 1 amide bonds. The summed E-state index contributed by atoms with van der Waals surface area (Å²) in [5.74, 6) is -0.0532. The molecule has 1 N–H and O–H groups in total. The van der Waals surface area contributed by atoms with Crippen molar-refractivity contribution < 1.29 is 9.53 Å². The number of nitrogens with zero attached hydrogens (tertiary/aromatic N) is 3. The van der Waals surface area contributed by atoms with E-state index in [1.54, 1.807) is 22.7 Å². The van der Waals surface area contributed by atoms with E-state index in [2.05, 4.69) is 15.2 Å². The predicted molar refractivity (Wildman–Crippen MR) is 102 cm³/mol. The van der Waals surface area contributed by atoms with E-state index in [4.69, 9.17) is 9.72 Å². The summed E-state index contributed by atoms with van der Waals surface area (Å²) < 4.78 is 6.46. The molecule has 4 rings (SSSR count).